The van der Waals surface area contributed by atoms with E-state index in [1.165, 1.54) is 0 Å². The van der Waals surface area contributed by atoms with Gasteiger partial charge in [-0.2, -0.15) is 0 Å². The molecule has 1 rings (SSSR count). The van der Waals surface area contributed by atoms with Gasteiger partial charge < -0.3 is 26.0 Å². The lowest BCUT2D eigenvalue weighted by atomic mass is 10.0. The topological polar surface area (TPSA) is 118 Å². The maximum atomic E-state index is 11.5. The zero-order valence-electron chi connectivity index (χ0n) is 13.5. The zero-order chi connectivity index (χ0) is 16.9. The number of nitrogens with two attached hydrogens (primary N) is 1. The second-order valence-corrected chi connectivity index (χ2v) is 6.22. The van der Waals surface area contributed by atoms with Crippen LogP contribution in [0.5, 0.6) is 0 Å². The summed E-state index contributed by atoms with van der Waals surface area (Å²) in [6.45, 7) is 7.28. The molecule has 7 heteroatoms. The van der Waals surface area contributed by atoms with E-state index in [1.807, 2.05) is 6.92 Å². The van der Waals surface area contributed by atoms with Crippen LogP contribution in [0.25, 0.3) is 0 Å². The van der Waals surface area contributed by atoms with Gasteiger partial charge in [-0.15, -0.1) is 0 Å². The number of nitrogens with one attached hydrogen (secondary N) is 1. The molecule has 1 aromatic rings. The lowest BCUT2D eigenvalue weighted by Crippen LogP contribution is -2.34. The van der Waals surface area contributed by atoms with Crippen LogP contribution in [0.1, 0.15) is 44.4 Å². The Labute approximate surface area is 130 Å². The number of rotatable bonds is 5. The zero-order valence-corrected chi connectivity index (χ0v) is 13.5. The second kappa shape index (κ2) is 7.42. The first-order chi connectivity index (χ1) is 10.1. The van der Waals surface area contributed by atoms with Crippen LogP contribution in [0.2, 0.25) is 0 Å². The Hall–Kier alpha value is -1.86. The quantitative estimate of drug-likeness (QED) is 0.650. The molecule has 7 nitrogen and oxygen atoms in total. The van der Waals surface area contributed by atoms with Crippen LogP contribution in [-0.4, -0.2) is 39.5 Å². The smallest absolute Gasteiger partial charge is 0.407 e. The third kappa shape index (κ3) is 5.87. The number of ether oxygens (including phenoxy) is 1. The van der Waals surface area contributed by atoms with Gasteiger partial charge in [0.15, 0.2) is 0 Å². The van der Waals surface area contributed by atoms with E-state index in [9.17, 15) is 15.0 Å². The van der Waals surface area contributed by atoms with Gasteiger partial charge in [-0.05, 0) is 45.7 Å². The fourth-order valence-corrected chi connectivity index (χ4v) is 1.84. The molecule has 0 aromatic carbocycles. The van der Waals surface area contributed by atoms with Crippen molar-refractivity contribution in [3.63, 3.8) is 0 Å². The maximum absolute atomic E-state index is 11.5. The Bertz CT molecular complexity index is 514. The molecule has 0 radical (unpaired) electrons. The molecule has 1 aromatic heterocycles. The SMILES string of the molecule is Cc1cnc(N)c(C(O)C(O)CCNC(=O)OC(C)(C)C)c1. The molecule has 0 saturated carbocycles. The Kier molecular flexibility index (Phi) is 6.13. The number of aliphatic hydroxyl groups is 2. The number of aromatic nitrogens is 1. The van der Waals surface area contributed by atoms with E-state index >= 15 is 0 Å². The van der Waals surface area contributed by atoms with Gasteiger partial charge in [-0.25, -0.2) is 9.78 Å². The van der Waals surface area contributed by atoms with E-state index in [-0.39, 0.29) is 18.8 Å². The largest absolute Gasteiger partial charge is 0.444 e. The van der Waals surface area contributed by atoms with Crippen LogP contribution < -0.4 is 11.1 Å². The van der Waals surface area contributed by atoms with Gasteiger partial charge in [0.25, 0.3) is 0 Å². The number of amides is 1. The molecule has 0 aliphatic carbocycles. The number of aliphatic hydroxyl groups excluding tert-OH is 2. The molecule has 22 heavy (non-hydrogen) atoms. The summed E-state index contributed by atoms with van der Waals surface area (Å²) < 4.78 is 5.08. The van der Waals surface area contributed by atoms with Crippen molar-refractivity contribution in [3.05, 3.63) is 23.4 Å². The number of nitrogens with zero attached hydrogens (tertiary/aromatic N) is 1. The summed E-state index contributed by atoms with van der Waals surface area (Å²) in [5.74, 6) is 0.178. The second-order valence-electron chi connectivity index (χ2n) is 6.22. The molecule has 0 bridgehead atoms. The fraction of sp³-hybridized carbons (Fsp3) is 0.600. The predicted molar refractivity (Wildman–Crippen MR) is 83.2 cm³/mol. The number of alkyl carbamates (subject to hydrolysis) is 1. The van der Waals surface area contributed by atoms with Gasteiger partial charge in [0, 0.05) is 18.3 Å². The minimum atomic E-state index is -1.16. The lowest BCUT2D eigenvalue weighted by molar-refractivity contribution is 0.0125. The van der Waals surface area contributed by atoms with Crippen LogP contribution in [0.3, 0.4) is 0 Å². The molecular weight excluding hydrogens is 286 g/mol. The maximum Gasteiger partial charge on any atom is 0.407 e. The molecule has 0 aliphatic heterocycles. The Morgan fingerprint density at radius 3 is 2.68 bits per heavy atom. The van der Waals surface area contributed by atoms with Crippen LogP contribution in [-0.2, 0) is 4.74 Å². The highest BCUT2D eigenvalue weighted by molar-refractivity contribution is 5.67. The monoisotopic (exact) mass is 311 g/mol. The highest BCUT2D eigenvalue weighted by Gasteiger charge is 2.22. The van der Waals surface area contributed by atoms with E-state index in [0.29, 0.717) is 5.56 Å². The Balaban J connectivity index is 2.50. The fourth-order valence-electron chi connectivity index (χ4n) is 1.84. The van der Waals surface area contributed by atoms with Gasteiger partial charge in [0.05, 0.1) is 6.10 Å². The standard InChI is InChI=1S/C15H25N3O4/c1-9-7-10(13(16)18-8-9)12(20)11(19)5-6-17-14(21)22-15(2,3)4/h7-8,11-12,19-20H,5-6H2,1-4H3,(H2,16,18)(H,17,21). The summed E-state index contributed by atoms with van der Waals surface area (Å²) in [7, 11) is 0. The molecule has 2 unspecified atom stereocenters. The number of hydrogen-bond acceptors (Lipinski definition) is 6. The van der Waals surface area contributed by atoms with Crippen LogP contribution in [0, 0.1) is 6.92 Å². The van der Waals surface area contributed by atoms with Gasteiger partial charge in [-0.1, -0.05) is 0 Å². The van der Waals surface area contributed by atoms with E-state index in [4.69, 9.17) is 10.5 Å². The third-order valence-electron chi connectivity index (χ3n) is 2.88. The van der Waals surface area contributed by atoms with Crippen LogP contribution >= 0.6 is 0 Å². The summed E-state index contributed by atoms with van der Waals surface area (Å²) in [6, 6.07) is 1.68. The van der Waals surface area contributed by atoms with Crippen molar-refractivity contribution < 1.29 is 19.7 Å². The number of hydrogen-bond donors (Lipinski definition) is 4. The number of nitrogen functional groups attached to an aromatic ring is 1. The molecule has 0 saturated heterocycles. The average molecular weight is 311 g/mol. The predicted octanol–water partition coefficient (Wildman–Crippen LogP) is 1.28. The Morgan fingerprint density at radius 1 is 1.45 bits per heavy atom. The number of carbonyl (C=O) groups is 1. The van der Waals surface area contributed by atoms with Crippen molar-refractivity contribution in [1.29, 1.82) is 0 Å². The number of aryl methyl sites for hydroxylation is 1. The highest BCUT2D eigenvalue weighted by Crippen LogP contribution is 2.23. The van der Waals surface area contributed by atoms with Crippen molar-refractivity contribution in [1.82, 2.24) is 10.3 Å². The summed E-state index contributed by atoms with van der Waals surface area (Å²) in [4.78, 5) is 15.4. The summed E-state index contributed by atoms with van der Waals surface area (Å²) in [6.07, 6.45) is -1.05. The normalized spacial score (nSPS) is 14.3. The number of anilines is 1. The minimum Gasteiger partial charge on any atom is -0.444 e. The highest BCUT2D eigenvalue weighted by atomic mass is 16.6. The van der Waals surface area contributed by atoms with Crippen LogP contribution in [0.4, 0.5) is 10.6 Å². The first-order valence-corrected chi connectivity index (χ1v) is 7.15. The molecule has 5 N–H and O–H groups in total. The molecule has 124 valence electrons. The lowest BCUT2D eigenvalue weighted by Gasteiger charge is -2.21. The summed E-state index contributed by atoms with van der Waals surface area (Å²) >= 11 is 0. The van der Waals surface area contributed by atoms with Crippen molar-refractivity contribution in [2.45, 2.75) is 51.9 Å². The van der Waals surface area contributed by atoms with E-state index in [1.54, 1.807) is 33.0 Å². The summed E-state index contributed by atoms with van der Waals surface area (Å²) in [5, 5.41) is 22.7. The van der Waals surface area contributed by atoms with Crippen molar-refractivity contribution in [2.24, 2.45) is 0 Å². The molecule has 1 amide bonds. The van der Waals surface area contributed by atoms with E-state index < -0.39 is 23.9 Å². The molecule has 0 spiro atoms. The third-order valence-corrected chi connectivity index (χ3v) is 2.88. The van der Waals surface area contributed by atoms with Gasteiger partial charge in [0.1, 0.15) is 17.5 Å². The van der Waals surface area contributed by atoms with Gasteiger partial charge >= 0.3 is 6.09 Å². The van der Waals surface area contributed by atoms with E-state index in [0.717, 1.165) is 5.56 Å². The molecule has 1 heterocycles. The van der Waals surface area contributed by atoms with Crippen molar-refractivity contribution in [3.8, 4) is 0 Å². The Morgan fingerprint density at radius 2 is 2.09 bits per heavy atom. The molecular formula is C15H25N3O4. The van der Waals surface area contributed by atoms with E-state index in [2.05, 4.69) is 10.3 Å². The molecule has 2 atom stereocenters. The van der Waals surface area contributed by atoms with Crippen LogP contribution in [0.15, 0.2) is 12.3 Å². The molecule has 0 fully saturated rings. The van der Waals surface area contributed by atoms with Gasteiger partial charge in [0.2, 0.25) is 0 Å². The first kappa shape index (κ1) is 18.2. The van der Waals surface area contributed by atoms with Gasteiger partial charge in [-0.3, -0.25) is 0 Å². The number of carbonyl (C=O) groups excluding carboxylic acids is 1. The summed E-state index contributed by atoms with van der Waals surface area (Å²) in [5.41, 5.74) is 6.34. The first-order valence-electron chi connectivity index (χ1n) is 7.15. The van der Waals surface area contributed by atoms with Crippen molar-refractivity contribution >= 4 is 11.9 Å². The average Bonchev–Trinajstić information content (AvgIpc) is 2.38. The minimum absolute atomic E-state index is 0.161. The molecule has 0 aliphatic rings. The van der Waals surface area contributed by atoms with Crippen molar-refractivity contribution in [2.75, 3.05) is 12.3 Å². The number of pyridine rings is 1.